The van der Waals surface area contributed by atoms with Gasteiger partial charge in [0.15, 0.2) is 5.16 Å². The summed E-state index contributed by atoms with van der Waals surface area (Å²) < 4.78 is 1.55. The minimum atomic E-state index is -0.295. The van der Waals surface area contributed by atoms with Crippen molar-refractivity contribution in [1.82, 2.24) is 20.0 Å². The highest BCUT2D eigenvalue weighted by Gasteiger charge is 2.14. The van der Waals surface area contributed by atoms with Crippen LogP contribution in [0.15, 0.2) is 88.1 Å². The van der Waals surface area contributed by atoms with Crippen molar-refractivity contribution in [2.45, 2.75) is 19.0 Å². The molecule has 0 bridgehead atoms. The first-order chi connectivity index (χ1) is 15.5. The summed E-state index contributed by atoms with van der Waals surface area (Å²) in [6.45, 7) is 3.78. The molecule has 0 saturated heterocycles. The van der Waals surface area contributed by atoms with Gasteiger partial charge in [0.2, 0.25) is 0 Å². The SMILES string of the molecule is CC(=NNC(=O)CSc1nc2ccccc2c(=O)n1-c1ccc(C)cc1)c1cccnc1. The van der Waals surface area contributed by atoms with Crippen molar-refractivity contribution < 1.29 is 4.79 Å². The number of rotatable bonds is 6. The van der Waals surface area contributed by atoms with Gasteiger partial charge in [0, 0.05) is 18.0 Å². The molecule has 0 fully saturated rings. The highest BCUT2D eigenvalue weighted by atomic mass is 32.2. The Kier molecular flexibility index (Phi) is 6.42. The van der Waals surface area contributed by atoms with E-state index in [4.69, 9.17) is 0 Å². The molecule has 32 heavy (non-hydrogen) atoms. The summed E-state index contributed by atoms with van der Waals surface area (Å²) in [7, 11) is 0. The lowest BCUT2D eigenvalue weighted by Crippen LogP contribution is -2.24. The molecule has 0 unspecified atom stereocenters. The minimum Gasteiger partial charge on any atom is -0.272 e. The number of nitrogens with one attached hydrogen (secondary N) is 1. The van der Waals surface area contributed by atoms with E-state index in [1.807, 2.05) is 55.5 Å². The lowest BCUT2D eigenvalue weighted by molar-refractivity contribution is -0.118. The van der Waals surface area contributed by atoms with Gasteiger partial charge in [-0.25, -0.2) is 10.4 Å². The summed E-state index contributed by atoms with van der Waals surface area (Å²) in [5, 5.41) is 5.11. The Morgan fingerprint density at radius 2 is 1.88 bits per heavy atom. The number of carbonyl (C=O) groups excluding carboxylic acids is 1. The topological polar surface area (TPSA) is 89.2 Å². The highest BCUT2D eigenvalue weighted by molar-refractivity contribution is 7.99. The van der Waals surface area contributed by atoms with Gasteiger partial charge in [-0.2, -0.15) is 5.10 Å². The molecule has 2 heterocycles. The zero-order valence-corrected chi connectivity index (χ0v) is 18.5. The van der Waals surface area contributed by atoms with Crippen molar-refractivity contribution in [3.8, 4) is 5.69 Å². The van der Waals surface area contributed by atoms with E-state index >= 15 is 0 Å². The summed E-state index contributed by atoms with van der Waals surface area (Å²) in [5.41, 5.74) is 6.24. The minimum absolute atomic E-state index is 0.0560. The van der Waals surface area contributed by atoms with Gasteiger partial charge >= 0.3 is 0 Å². The Morgan fingerprint density at radius 3 is 2.62 bits per heavy atom. The zero-order chi connectivity index (χ0) is 22.5. The van der Waals surface area contributed by atoms with Crippen LogP contribution in [0.1, 0.15) is 18.1 Å². The van der Waals surface area contributed by atoms with E-state index in [1.165, 1.54) is 11.8 Å². The lowest BCUT2D eigenvalue weighted by Gasteiger charge is -2.13. The number of para-hydroxylation sites is 1. The number of pyridine rings is 1. The van der Waals surface area contributed by atoms with Crippen LogP contribution in [0.4, 0.5) is 0 Å². The smallest absolute Gasteiger partial charge is 0.266 e. The summed E-state index contributed by atoms with van der Waals surface area (Å²) in [6, 6.07) is 18.5. The number of amides is 1. The van der Waals surface area contributed by atoms with Crippen LogP contribution in [-0.2, 0) is 4.79 Å². The third kappa shape index (κ3) is 4.76. The number of aryl methyl sites for hydroxylation is 1. The fourth-order valence-corrected chi connectivity index (χ4v) is 3.89. The number of nitrogens with zero attached hydrogens (tertiary/aromatic N) is 4. The number of hydrogen-bond donors (Lipinski definition) is 1. The molecule has 0 saturated carbocycles. The average Bonchev–Trinajstić information content (AvgIpc) is 2.82. The largest absolute Gasteiger partial charge is 0.272 e. The molecule has 0 aliphatic carbocycles. The molecule has 160 valence electrons. The van der Waals surface area contributed by atoms with Gasteiger partial charge in [0.1, 0.15) is 0 Å². The van der Waals surface area contributed by atoms with Crippen molar-refractivity contribution in [2.24, 2.45) is 5.10 Å². The first kappa shape index (κ1) is 21.5. The van der Waals surface area contributed by atoms with E-state index in [1.54, 1.807) is 36.0 Å². The van der Waals surface area contributed by atoms with Crippen LogP contribution in [0, 0.1) is 6.92 Å². The predicted octanol–water partition coefficient (Wildman–Crippen LogP) is 3.72. The maximum absolute atomic E-state index is 13.2. The van der Waals surface area contributed by atoms with Crippen LogP contribution < -0.4 is 11.0 Å². The fourth-order valence-electron chi connectivity index (χ4n) is 3.08. The molecule has 1 amide bonds. The number of hydrazone groups is 1. The Labute approximate surface area is 189 Å². The number of hydrogen-bond acceptors (Lipinski definition) is 6. The molecule has 0 atom stereocenters. The summed E-state index contributed by atoms with van der Waals surface area (Å²) in [5.74, 6) is -0.239. The number of benzene rings is 2. The fraction of sp³-hybridized carbons (Fsp3) is 0.125. The molecule has 4 aromatic rings. The first-order valence-electron chi connectivity index (χ1n) is 9.98. The first-order valence-corrected chi connectivity index (χ1v) is 11.0. The molecular formula is C24H21N5O2S. The number of thioether (sulfide) groups is 1. The normalized spacial score (nSPS) is 11.5. The van der Waals surface area contributed by atoms with Gasteiger partial charge in [0.05, 0.1) is 28.1 Å². The monoisotopic (exact) mass is 443 g/mol. The molecule has 0 radical (unpaired) electrons. The molecule has 2 aromatic carbocycles. The van der Waals surface area contributed by atoms with E-state index in [0.717, 1.165) is 11.1 Å². The van der Waals surface area contributed by atoms with E-state index < -0.39 is 0 Å². The Balaban J connectivity index is 1.59. The van der Waals surface area contributed by atoms with Crippen LogP contribution in [0.3, 0.4) is 0 Å². The second-order valence-electron chi connectivity index (χ2n) is 7.15. The van der Waals surface area contributed by atoms with Crippen molar-refractivity contribution in [2.75, 3.05) is 5.75 Å². The van der Waals surface area contributed by atoms with Gasteiger partial charge in [-0.05, 0) is 44.2 Å². The van der Waals surface area contributed by atoms with E-state index in [-0.39, 0.29) is 17.2 Å². The molecule has 0 spiro atoms. The molecule has 0 aliphatic rings. The third-order valence-electron chi connectivity index (χ3n) is 4.80. The summed E-state index contributed by atoms with van der Waals surface area (Å²) in [6.07, 6.45) is 3.36. The number of fused-ring (bicyclic) bond motifs is 1. The number of carbonyl (C=O) groups is 1. The Morgan fingerprint density at radius 1 is 1.09 bits per heavy atom. The molecule has 2 aromatic heterocycles. The highest BCUT2D eigenvalue weighted by Crippen LogP contribution is 2.21. The second kappa shape index (κ2) is 9.57. The predicted molar refractivity (Wildman–Crippen MR) is 127 cm³/mol. The molecule has 0 aliphatic heterocycles. The second-order valence-corrected chi connectivity index (χ2v) is 8.09. The van der Waals surface area contributed by atoms with Crippen molar-refractivity contribution in [1.29, 1.82) is 0 Å². The van der Waals surface area contributed by atoms with Crippen molar-refractivity contribution in [3.63, 3.8) is 0 Å². The zero-order valence-electron chi connectivity index (χ0n) is 17.6. The maximum Gasteiger partial charge on any atom is 0.266 e. The molecule has 8 heteroatoms. The van der Waals surface area contributed by atoms with Crippen LogP contribution >= 0.6 is 11.8 Å². The van der Waals surface area contributed by atoms with Crippen LogP contribution in [0.2, 0.25) is 0 Å². The third-order valence-corrected chi connectivity index (χ3v) is 5.74. The average molecular weight is 444 g/mol. The maximum atomic E-state index is 13.2. The molecule has 4 rings (SSSR count). The van der Waals surface area contributed by atoms with Gasteiger partial charge < -0.3 is 0 Å². The van der Waals surface area contributed by atoms with Gasteiger partial charge in [0.25, 0.3) is 11.5 Å². The lowest BCUT2D eigenvalue weighted by atomic mass is 10.2. The van der Waals surface area contributed by atoms with Crippen molar-refractivity contribution in [3.05, 3.63) is 94.5 Å². The Hall–Kier alpha value is -3.78. The van der Waals surface area contributed by atoms with Crippen LogP contribution in [0.5, 0.6) is 0 Å². The van der Waals surface area contributed by atoms with Gasteiger partial charge in [-0.1, -0.05) is 47.7 Å². The summed E-state index contributed by atoms with van der Waals surface area (Å²) >= 11 is 1.19. The van der Waals surface area contributed by atoms with Crippen molar-refractivity contribution >= 4 is 34.3 Å². The van der Waals surface area contributed by atoms with Gasteiger partial charge in [-0.3, -0.25) is 19.1 Å². The Bertz CT molecular complexity index is 1350. The standard InChI is InChI=1S/C24H21N5O2S/c1-16-9-11-19(12-10-16)29-23(31)20-7-3-4-8-21(20)26-24(29)32-15-22(30)28-27-17(2)18-6-5-13-25-14-18/h3-14H,15H2,1-2H3,(H,28,30). The number of aromatic nitrogens is 3. The molecule has 7 nitrogen and oxygen atoms in total. The quantitative estimate of drug-likeness (QED) is 0.212. The molecule has 1 N–H and O–H groups in total. The van der Waals surface area contributed by atoms with Crippen LogP contribution in [-0.4, -0.2) is 31.9 Å². The molecular weight excluding hydrogens is 422 g/mol. The van der Waals surface area contributed by atoms with E-state index in [2.05, 4.69) is 20.5 Å². The van der Waals surface area contributed by atoms with Gasteiger partial charge in [-0.15, -0.1) is 0 Å². The van der Waals surface area contributed by atoms with E-state index in [9.17, 15) is 9.59 Å². The summed E-state index contributed by atoms with van der Waals surface area (Å²) in [4.78, 5) is 34.4. The van der Waals surface area contributed by atoms with E-state index in [0.29, 0.717) is 27.5 Å². The van der Waals surface area contributed by atoms with Crippen LogP contribution in [0.25, 0.3) is 16.6 Å².